The zero-order chi connectivity index (χ0) is 24.4. The van der Waals surface area contributed by atoms with E-state index in [-0.39, 0.29) is 5.91 Å². The minimum Gasteiger partial charge on any atom is -0.383 e. The summed E-state index contributed by atoms with van der Waals surface area (Å²) in [5, 5.41) is 3.97. The van der Waals surface area contributed by atoms with Crippen LogP contribution in [0.4, 0.5) is 0 Å². The summed E-state index contributed by atoms with van der Waals surface area (Å²) in [6.07, 6.45) is 3.81. The first-order chi connectivity index (χ1) is 17.0. The van der Waals surface area contributed by atoms with E-state index in [0.717, 1.165) is 90.5 Å². The van der Waals surface area contributed by atoms with Gasteiger partial charge in [-0.05, 0) is 70.5 Å². The molecule has 0 atom stereocenters. The van der Waals surface area contributed by atoms with Crippen LogP contribution in [0.1, 0.15) is 22.3 Å². The quantitative estimate of drug-likeness (QED) is 0.523. The first-order valence-corrected chi connectivity index (χ1v) is 13.4. The van der Waals surface area contributed by atoms with E-state index in [4.69, 9.17) is 16.3 Å². The molecule has 0 bridgehead atoms. The monoisotopic (exact) mass is 555 g/mol. The van der Waals surface area contributed by atoms with Gasteiger partial charge in [-0.25, -0.2) is 0 Å². The van der Waals surface area contributed by atoms with Crippen molar-refractivity contribution in [1.82, 2.24) is 15.1 Å². The van der Waals surface area contributed by atoms with Crippen LogP contribution in [0.5, 0.6) is 0 Å². The second-order valence-electron chi connectivity index (χ2n) is 9.45. The third-order valence-corrected chi connectivity index (χ3v) is 7.96. The van der Waals surface area contributed by atoms with Gasteiger partial charge in [0, 0.05) is 62.4 Å². The number of allylic oxidation sites excluding steroid dienone is 2. The van der Waals surface area contributed by atoms with E-state index in [9.17, 15) is 4.79 Å². The number of methoxy groups -OCH3 is 1. The summed E-state index contributed by atoms with van der Waals surface area (Å²) in [6.45, 7) is 7.43. The highest BCUT2D eigenvalue weighted by Gasteiger charge is 2.30. The van der Waals surface area contributed by atoms with Crippen molar-refractivity contribution in [1.29, 1.82) is 0 Å². The van der Waals surface area contributed by atoms with E-state index >= 15 is 0 Å². The normalized spacial score (nSPS) is 18.0. The molecule has 0 unspecified atom stereocenters. The van der Waals surface area contributed by atoms with Crippen molar-refractivity contribution >= 4 is 45.1 Å². The van der Waals surface area contributed by atoms with Crippen LogP contribution in [0.15, 0.2) is 52.0 Å². The van der Waals surface area contributed by atoms with Crippen molar-refractivity contribution in [3.05, 3.63) is 79.3 Å². The van der Waals surface area contributed by atoms with Crippen LogP contribution in [0.3, 0.4) is 0 Å². The van der Waals surface area contributed by atoms with E-state index in [1.54, 1.807) is 7.11 Å². The summed E-state index contributed by atoms with van der Waals surface area (Å²) < 4.78 is 6.23. The highest BCUT2D eigenvalue weighted by atomic mass is 79.9. The molecule has 0 spiro atoms. The number of hydrogen-bond donors (Lipinski definition) is 1. The minimum atomic E-state index is 0.0229. The fourth-order valence-electron chi connectivity index (χ4n) is 5.30. The van der Waals surface area contributed by atoms with Gasteiger partial charge in [0.25, 0.3) is 5.91 Å². The minimum absolute atomic E-state index is 0.0229. The number of ether oxygens (including phenoxy) is 1. The lowest BCUT2D eigenvalue weighted by molar-refractivity contribution is -0.115. The average molecular weight is 557 g/mol. The molecule has 2 aliphatic carbocycles. The van der Waals surface area contributed by atoms with Crippen molar-refractivity contribution in [3.63, 3.8) is 0 Å². The molecule has 5 nitrogen and oxygen atoms in total. The Morgan fingerprint density at radius 1 is 1.03 bits per heavy atom. The van der Waals surface area contributed by atoms with Gasteiger partial charge >= 0.3 is 0 Å². The molecular formula is C28H31BrClN3O2. The SMILES string of the molecule is COCCN1CCN(CCNC(=O)C2=C(C3=Cc4cc(Cl)ccc4C3)Cc3cc(Br)ccc32)CC1. The molecule has 0 aromatic heterocycles. The Hall–Kier alpha value is -1.96. The number of hydrogen-bond acceptors (Lipinski definition) is 4. The zero-order valence-electron chi connectivity index (χ0n) is 20.1. The second kappa shape index (κ2) is 11.0. The molecule has 0 saturated carbocycles. The van der Waals surface area contributed by atoms with E-state index in [0.29, 0.717) is 6.54 Å². The lowest BCUT2D eigenvalue weighted by Gasteiger charge is -2.34. The van der Waals surface area contributed by atoms with Gasteiger partial charge in [0.15, 0.2) is 0 Å². The Kier molecular flexibility index (Phi) is 7.75. The van der Waals surface area contributed by atoms with Gasteiger partial charge in [0.1, 0.15) is 0 Å². The van der Waals surface area contributed by atoms with Gasteiger partial charge in [0.05, 0.1) is 12.2 Å². The third-order valence-electron chi connectivity index (χ3n) is 7.23. The lowest BCUT2D eigenvalue weighted by atomic mass is 9.98. The number of carbonyl (C=O) groups is 1. The molecular weight excluding hydrogens is 526 g/mol. The van der Waals surface area contributed by atoms with Crippen molar-refractivity contribution in [2.45, 2.75) is 12.8 Å². The Labute approximate surface area is 220 Å². The van der Waals surface area contributed by atoms with Crippen LogP contribution in [-0.2, 0) is 22.4 Å². The molecule has 3 aliphatic rings. The Morgan fingerprint density at radius 2 is 1.80 bits per heavy atom. The van der Waals surface area contributed by atoms with Gasteiger partial charge < -0.3 is 10.1 Å². The summed E-state index contributed by atoms with van der Waals surface area (Å²) in [5.41, 5.74) is 7.83. The second-order valence-corrected chi connectivity index (χ2v) is 10.8. The first-order valence-electron chi connectivity index (χ1n) is 12.2. The number of nitrogens with zero attached hydrogens (tertiary/aromatic N) is 2. The molecule has 1 heterocycles. The molecule has 0 radical (unpaired) electrons. The standard InChI is InChI=1S/C28H31BrClN3O2/c1-35-13-12-33-10-8-32(9-11-33)7-6-31-28(34)27-25-5-3-23(29)16-22(25)18-26(27)21-14-19-2-4-24(30)17-20(19)15-21/h2-5,15-17H,6-14,18H2,1H3,(H,31,34). The van der Waals surface area contributed by atoms with E-state index < -0.39 is 0 Å². The maximum absolute atomic E-state index is 13.5. The van der Waals surface area contributed by atoms with E-state index in [2.05, 4.69) is 55.3 Å². The molecule has 7 heteroatoms. The zero-order valence-corrected chi connectivity index (χ0v) is 22.4. The molecule has 1 amide bonds. The molecule has 1 saturated heterocycles. The number of nitrogens with one attached hydrogen (secondary N) is 1. The summed E-state index contributed by atoms with van der Waals surface area (Å²) >= 11 is 9.83. The van der Waals surface area contributed by atoms with Crippen molar-refractivity contribution < 1.29 is 9.53 Å². The van der Waals surface area contributed by atoms with Crippen LogP contribution < -0.4 is 5.32 Å². The van der Waals surface area contributed by atoms with E-state index in [1.165, 1.54) is 16.7 Å². The molecule has 184 valence electrons. The van der Waals surface area contributed by atoms with Crippen LogP contribution in [0.2, 0.25) is 5.02 Å². The van der Waals surface area contributed by atoms with Crippen molar-refractivity contribution in [3.8, 4) is 0 Å². The number of carbonyl (C=O) groups excluding carboxylic acids is 1. The number of amides is 1. The Morgan fingerprint density at radius 3 is 2.57 bits per heavy atom. The first kappa shape index (κ1) is 24.7. The molecule has 35 heavy (non-hydrogen) atoms. The predicted octanol–water partition coefficient (Wildman–Crippen LogP) is 4.43. The molecule has 2 aromatic rings. The predicted molar refractivity (Wildman–Crippen MR) is 146 cm³/mol. The topological polar surface area (TPSA) is 44.8 Å². The number of rotatable bonds is 8. The average Bonchev–Trinajstić information content (AvgIpc) is 3.44. The van der Waals surface area contributed by atoms with Crippen LogP contribution in [0.25, 0.3) is 11.6 Å². The maximum Gasteiger partial charge on any atom is 0.252 e. The number of halogens is 2. The lowest BCUT2D eigenvalue weighted by Crippen LogP contribution is -2.49. The summed E-state index contributed by atoms with van der Waals surface area (Å²) in [4.78, 5) is 18.4. The van der Waals surface area contributed by atoms with Gasteiger partial charge in [-0.2, -0.15) is 0 Å². The Bertz CT molecular complexity index is 1180. The van der Waals surface area contributed by atoms with E-state index in [1.807, 2.05) is 18.2 Å². The molecule has 5 rings (SSSR count). The largest absolute Gasteiger partial charge is 0.383 e. The number of benzene rings is 2. The van der Waals surface area contributed by atoms with Gasteiger partial charge in [-0.15, -0.1) is 0 Å². The fraction of sp³-hybridized carbons (Fsp3) is 0.393. The fourth-order valence-corrected chi connectivity index (χ4v) is 5.89. The Balaban J connectivity index is 1.28. The molecule has 1 fully saturated rings. The van der Waals surface area contributed by atoms with Crippen molar-refractivity contribution in [2.75, 3.05) is 59.5 Å². The maximum atomic E-state index is 13.5. The highest BCUT2D eigenvalue weighted by molar-refractivity contribution is 9.10. The molecule has 1 aliphatic heterocycles. The van der Waals surface area contributed by atoms with Crippen molar-refractivity contribution in [2.24, 2.45) is 0 Å². The summed E-state index contributed by atoms with van der Waals surface area (Å²) in [5.74, 6) is 0.0229. The highest BCUT2D eigenvalue weighted by Crippen LogP contribution is 2.42. The smallest absolute Gasteiger partial charge is 0.252 e. The number of piperazine rings is 1. The number of fused-ring (bicyclic) bond motifs is 2. The summed E-state index contributed by atoms with van der Waals surface area (Å²) in [7, 11) is 1.75. The van der Waals surface area contributed by atoms with Gasteiger partial charge in [-0.3, -0.25) is 14.6 Å². The van der Waals surface area contributed by atoms with Gasteiger partial charge in [-0.1, -0.05) is 45.7 Å². The molecule has 1 N–H and O–H groups in total. The van der Waals surface area contributed by atoms with Gasteiger partial charge in [0.2, 0.25) is 0 Å². The molecule has 2 aromatic carbocycles. The third kappa shape index (κ3) is 5.57. The summed E-state index contributed by atoms with van der Waals surface area (Å²) in [6, 6.07) is 12.3. The van der Waals surface area contributed by atoms with Crippen LogP contribution >= 0.6 is 27.5 Å². The van der Waals surface area contributed by atoms with Crippen LogP contribution in [0, 0.1) is 0 Å². The van der Waals surface area contributed by atoms with Crippen LogP contribution in [-0.4, -0.2) is 75.2 Å².